The standard InChI is InChI=1S/C11H13N/c1-3-10(8-12)11-6-4-5-9(2)7-11/h3-8,12H,1-2H3/b10-3+,12-8?. The Kier molecular flexibility index (Phi) is 2.81. The Morgan fingerprint density at radius 1 is 1.42 bits per heavy atom. The summed E-state index contributed by atoms with van der Waals surface area (Å²) in [5.41, 5.74) is 3.32. The van der Waals surface area contributed by atoms with Crippen molar-refractivity contribution in [1.82, 2.24) is 0 Å². The van der Waals surface area contributed by atoms with Crippen molar-refractivity contribution in [2.24, 2.45) is 0 Å². The molecule has 1 rings (SSSR count). The molecule has 0 aliphatic rings. The molecule has 0 saturated heterocycles. The van der Waals surface area contributed by atoms with Gasteiger partial charge in [0.2, 0.25) is 0 Å². The predicted octanol–water partition coefficient (Wildman–Crippen LogP) is 3.05. The van der Waals surface area contributed by atoms with Gasteiger partial charge in [0, 0.05) is 6.21 Å². The van der Waals surface area contributed by atoms with Crippen molar-refractivity contribution >= 4 is 11.8 Å². The molecule has 1 nitrogen and oxygen atoms in total. The van der Waals surface area contributed by atoms with Gasteiger partial charge in [0.1, 0.15) is 0 Å². The van der Waals surface area contributed by atoms with Crippen LogP contribution in [0.2, 0.25) is 0 Å². The lowest BCUT2D eigenvalue weighted by molar-refractivity contribution is 1.45. The monoisotopic (exact) mass is 159 g/mol. The molecule has 0 amide bonds. The Hall–Kier alpha value is -1.37. The van der Waals surface area contributed by atoms with Crippen molar-refractivity contribution in [2.45, 2.75) is 13.8 Å². The Balaban J connectivity index is 3.10. The molecule has 0 saturated carbocycles. The summed E-state index contributed by atoms with van der Waals surface area (Å²) in [6, 6.07) is 8.17. The molecular weight excluding hydrogens is 146 g/mol. The fourth-order valence-electron chi connectivity index (χ4n) is 1.16. The van der Waals surface area contributed by atoms with Crippen LogP contribution in [0.5, 0.6) is 0 Å². The molecular formula is C11H13N. The summed E-state index contributed by atoms with van der Waals surface area (Å²) in [5.74, 6) is 0. The lowest BCUT2D eigenvalue weighted by atomic mass is 10.0. The molecule has 12 heavy (non-hydrogen) atoms. The summed E-state index contributed by atoms with van der Waals surface area (Å²) in [6.45, 7) is 4.00. The third-order valence-corrected chi connectivity index (χ3v) is 1.82. The number of benzene rings is 1. The third kappa shape index (κ3) is 1.82. The zero-order chi connectivity index (χ0) is 8.97. The van der Waals surface area contributed by atoms with Gasteiger partial charge < -0.3 is 5.41 Å². The molecule has 1 aromatic carbocycles. The minimum atomic E-state index is 0.971. The highest BCUT2D eigenvalue weighted by atomic mass is 14.3. The fourth-order valence-corrected chi connectivity index (χ4v) is 1.16. The Morgan fingerprint density at radius 3 is 2.67 bits per heavy atom. The van der Waals surface area contributed by atoms with Gasteiger partial charge in [-0.2, -0.15) is 0 Å². The van der Waals surface area contributed by atoms with Crippen molar-refractivity contribution in [3.05, 3.63) is 41.5 Å². The molecule has 0 aliphatic carbocycles. The van der Waals surface area contributed by atoms with E-state index >= 15 is 0 Å². The second kappa shape index (κ2) is 3.86. The number of rotatable bonds is 2. The largest absolute Gasteiger partial charge is 0.308 e. The van der Waals surface area contributed by atoms with E-state index in [1.165, 1.54) is 11.8 Å². The van der Waals surface area contributed by atoms with Crippen LogP contribution < -0.4 is 0 Å². The highest BCUT2D eigenvalue weighted by molar-refractivity contribution is 6.08. The van der Waals surface area contributed by atoms with Crippen LogP contribution in [0.4, 0.5) is 0 Å². The van der Waals surface area contributed by atoms with Crippen molar-refractivity contribution in [2.75, 3.05) is 0 Å². The Labute approximate surface area is 73.3 Å². The van der Waals surface area contributed by atoms with Crippen molar-refractivity contribution in [3.63, 3.8) is 0 Å². The van der Waals surface area contributed by atoms with E-state index in [2.05, 4.69) is 19.1 Å². The molecule has 0 atom stereocenters. The van der Waals surface area contributed by atoms with Gasteiger partial charge in [0.05, 0.1) is 0 Å². The maximum atomic E-state index is 7.17. The average Bonchev–Trinajstić information content (AvgIpc) is 2.07. The number of nitrogens with one attached hydrogen (secondary N) is 1. The van der Waals surface area contributed by atoms with Gasteiger partial charge in [-0.05, 0) is 25.0 Å². The summed E-state index contributed by atoms with van der Waals surface area (Å²) in [7, 11) is 0. The van der Waals surface area contributed by atoms with E-state index in [-0.39, 0.29) is 0 Å². The molecule has 62 valence electrons. The first-order chi connectivity index (χ1) is 5.77. The first kappa shape index (κ1) is 8.72. The second-order valence-electron chi connectivity index (χ2n) is 2.76. The second-order valence-corrected chi connectivity index (χ2v) is 2.76. The molecule has 0 heterocycles. The molecule has 0 aliphatic heterocycles. The van der Waals surface area contributed by atoms with E-state index in [1.807, 2.05) is 25.1 Å². The van der Waals surface area contributed by atoms with Crippen LogP contribution in [-0.4, -0.2) is 6.21 Å². The lowest BCUT2D eigenvalue weighted by Gasteiger charge is -2.00. The average molecular weight is 159 g/mol. The van der Waals surface area contributed by atoms with Gasteiger partial charge in [0.15, 0.2) is 0 Å². The number of hydrogen-bond acceptors (Lipinski definition) is 1. The molecule has 1 N–H and O–H groups in total. The third-order valence-electron chi connectivity index (χ3n) is 1.82. The van der Waals surface area contributed by atoms with Gasteiger partial charge in [-0.3, -0.25) is 0 Å². The maximum Gasteiger partial charge on any atom is 0.0253 e. The number of aryl methyl sites for hydroxylation is 1. The van der Waals surface area contributed by atoms with Gasteiger partial charge >= 0.3 is 0 Å². The molecule has 0 bridgehead atoms. The van der Waals surface area contributed by atoms with Crippen LogP contribution in [0.3, 0.4) is 0 Å². The number of allylic oxidation sites excluding steroid dienone is 2. The summed E-state index contributed by atoms with van der Waals surface area (Å²) >= 11 is 0. The molecule has 0 unspecified atom stereocenters. The van der Waals surface area contributed by atoms with E-state index in [4.69, 9.17) is 5.41 Å². The molecule has 0 fully saturated rings. The zero-order valence-corrected chi connectivity index (χ0v) is 7.46. The van der Waals surface area contributed by atoms with Crippen LogP contribution in [0.25, 0.3) is 5.57 Å². The zero-order valence-electron chi connectivity index (χ0n) is 7.46. The summed E-state index contributed by atoms with van der Waals surface area (Å²) in [5, 5.41) is 7.17. The topological polar surface area (TPSA) is 23.9 Å². The van der Waals surface area contributed by atoms with Gasteiger partial charge in [-0.25, -0.2) is 0 Å². The van der Waals surface area contributed by atoms with Crippen LogP contribution in [0.15, 0.2) is 30.3 Å². The quantitative estimate of drug-likeness (QED) is 0.641. The normalized spacial score (nSPS) is 11.3. The minimum Gasteiger partial charge on any atom is -0.308 e. The first-order valence-electron chi connectivity index (χ1n) is 4.01. The Morgan fingerprint density at radius 2 is 2.17 bits per heavy atom. The molecule has 0 radical (unpaired) electrons. The number of hydrogen-bond donors (Lipinski definition) is 1. The highest BCUT2D eigenvalue weighted by Crippen LogP contribution is 2.13. The van der Waals surface area contributed by atoms with Crippen molar-refractivity contribution in [1.29, 1.82) is 5.41 Å². The van der Waals surface area contributed by atoms with Gasteiger partial charge in [0.25, 0.3) is 0 Å². The predicted molar refractivity (Wildman–Crippen MR) is 53.6 cm³/mol. The lowest BCUT2D eigenvalue weighted by Crippen LogP contribution is -1.84. The maximum absolute atomic E-state index is 7.17. The van der Waals surface area contributed by atoms with Crippen molar-refractivity contribution in [3.8, 4) is 0 Å². The summed E-state index contributed by atoms with van der Waals surface area (Å²) < 4.78 is 0. The summed E-state index contributed by atoms with van der Waals surface area (Å²) in [4.78, 5) is 0. The van der Waals surface area contributed by atoms with Crippen molar-refractivity contribution < 1.29 is 0 Å². The summed E-state index contributed by atoms with van der Waals surface area (Å²) in [6.07, 6.45) is 3.33. The van der Waals surface area contributed by atoms with Crippen LogP contribution in [0, 0.1) is 12.3 Å². The smallest absolute Gasteiger partial charge is 0.0253 e. The highest BCUT2D eigenvalue weighted by Gasteiger charge is 1.95. The van der Waals surface area contributed by atoms with E-state index < -0.39 is 0 Å². The SMILES string of the molecule is C/C=C(\C=N)c1cccc(C)c1. The van der Waals surface area contributed by atoms with E-state index in [9.17, 15) is 0 Å². The van der Waals surface area contributed by atoms with Gasteiger partial charge in [-0.15, -0.1) is 0 Å². The van der Waals surface area contributed by atoms with Crippen LogP contribution in [0.1, 0.15) is 18.1 Å². The molecule has 1 aromatic rings. The van der Waals surface area contributed by atoms with Crippen LogP contribution in [-0.2, 0) is 0 Å². The van der Waals surface area contributed by atoms with Gasteiger partial charge in [-0.1, -0.05) is 35.9 Å². The Bertz CT molecular complexity index is 311. The minimum absolute atomic E-state index is 0.971. The van der Waals surface area contributed by atoms with E-state index in [0.29, 0.717) is 0 Å². The molecule has 0 spiro atoms. The first-order valence-corrected chi connectivity index (χ1v) is 4.01. The fraction of sp³-hybridized carbons (Fsp3) is 0.182. The molecule has 0 aromatic heterocycles. The van der Waals surface area contributed by atoms with Crippen LogP contribution >= 0.6 is 0 Å². The van der Waals surface area contributed by atoms with E-state index in [0.717, 1.165) is 11.1 Å². The van der Waals surface area contributed by atoms with E-state index in [1.54, 1.807) is 0 Å². The molecule has 1 heteroatoms.